The predicted octanol–water partition coefficient (Wildman–Crippen LogP) is 3.50. The summed E-state index contributed by atoms with van der Waals surface area (Å²) in [6, 6.07) is 24.6. The van der Waals surface area contributed by atoms with Crippen molar-refractivity contribution in [2.24, 2.45) is 0 Å². The van der Waals surface area contributed by atoms with Gasteiger partial charge in [0.1, 0.15) is 6.54 Å². The average molecular weight is 415 g/mol. The van der Waals surface area contributed by atoms with Crippen LogP contribution in [-0.4, -0.2) is 42.0 Å². The van der Waals surface area contributed by atoms with E-state index in [1.54, 1.807) is 11.3 Å². The van der Waals surface area contributed by atoms with Crippen LogP contribution < -0.4 is 4.90 Å². The van der Waals surface area contributed by atoms with E-state index < -0.39 is 0 Å². The van der Waals surface area contributed by atoms with Gasteiger partial charge in [0.15, 0.2) is 0 Å². The standard InChI is InChI=1S/C25H23N3OS/c29-25(28-14-12-27(13-15-28)18-19-7-2-1-3-8-19)21-17-23(24-11-6-16-30-24)26-22-10-5-4-9-20(21)22/h1-11,16-17H,12-15,18H2/p+1. The number of benzene rings is 2. The van der Waals surface area contributed by atoms with Gasteiger partial charge in [-0.1, -0.05) is 54.6 Å². The second-order valence-electron chi connectivity index (χ2n) is 7.75. The zero-order valence-electron chi connectivity index (χ0n) is 16.8. The van der Waals surface area contributed by atoms with Crippen LogP contribution in [0.4, 0.5) is 0 Å². The highest BCUT2D eigenvalue weighted by Gasteiger charge is 2.26. The molecule has 0 unspecified atom stereocenters. The van der Waals surface area contributed by atoms with E-state index in [9.17, 15) is 4.79 Å². The summed E-state index contributed by atoms with van der Waals surface area (Å²) in [5.74, 6) is 0.116. The van der Waals surface area contributed by atoms with Crippen LogP contribution >= 0.6 is 11.3 Å². The maximum absolute atomic E-state index is 13.5. The summed E-state index contributed by atoms with van der Waals surface area (Å²) >= 11 is 1.65. The molecule has 0 spiro atoms. The molecule has 150 valence electrons. The lowest BCUT2D eigenvalue weighted by Crippen LogP contribution is -3.13. The summed E-state index contributed by atoms with van der Waals surface area (Å²) in [5.41, 5.74) is 3.86. The van der Waals surface area contributed by atoms with Crippen molar-refractivity contribution < 1.29 is 9.69 Å². The molecule has 30 heavy (non-hydrogen) atoms. The van der Waals surface area contributed by atoms with Crippen molar-refractivity contribution >= 4 is 28.1 Å². The number of carbonyl (C=O) groups excluding carboxylic acids is 1. The topological polar surface area (TPSA) is 37.6 Å². The molecule has 3 heterocycles. The van der Waals surface area contributed by atoms with Gasteiger partial charge in [0.05, 0.1) is 47.8 Å². The Kier molecular flexibility index (Phi) is 5.30. The molecular weight excluding hydrogens is 390 g/mol. The zero-order valence-corrected chi connectivity index (χ0v) is 17.6. The highest BCUT2D eigenvalue weighted by molar-refractivity contribution is 7.13. The molecule has 0 atom stereocenters. The molecule has 2 aromatic carbocycles. The van der Waals surface area contributed by atoms with Gasteiger partial charge in [-0.05, 0) is 23.6 Å². The van der Waals surface area contributed by atoms with E-state index >= 15 is 0 Å². The van der Waals surface area contributed by atoms with Crippen LogP contribution in [0, 0.1) is 0 Å². The van der Waals surface area contributed by atoms with Crippen molar-refractivity contribution in [3.05, 3.63) is 89.3 Å². The number of rotatable bonds is 4. The van der Waals surface area contributed by atoms with E-state index in [2.05, 4.69) is 36.4 Å². The molecule has 4 aromatic rings. The largest absolute Gasteiger partial charge is 0.328 e. The van der Waals surface area contributed by atoms with Crippen LogP contribution in [0.2, 0.25) is 0 Å². The van der Waals surface area contributed by atoms with Gasteiger partial charge in [-0.25, -0.2) is 4.98 Å². The van der Waals surface area contributed by atoms with Crippen LogP contribution in [0.1, 0.15) is 15.9 Å². The van der Waals surface area contributed by atoms with Gasteiger partial charge in [-0.3, -0.25) is 4.79 Å². The van der Waals surface area contributed by atoms with Crippen molar-refractivity contribution in [2.75, 3.05) is 26.2 Å². The fourth-order valence-corrected chi connectivity index (χ4v) is 4.85. The number of carbonyl (C=O) groups is 1. The zero-order chi connectivity index (χ0) is 20.3. The number of hydrogen-bond acceptors (Lipinski definition) is 3. The number of nitrogens with zero attached hydrogens (tertiary/aromatic N) is 2. The molecule has 4 nitrogen and oxygen atoms in total. The SMILES string of the molecule is O=C(c1cc(-c2cccs2)nc2ccccc12)N1CC[NH+](Cc2ccccc2)CC1. The molecule has 1 N–H and O–H groups in total. The number of para-hydroxylation sites is 1. The van der Waals surface area contributed by atoms with Crippen LogP contribution in [0.15, 0.2) is 78.2 Å². The van der Waals surface area contributed by atoms with Crippen LogP contribution in [0.3, 0.4) is 0 Å². The van der Waals surface area contributed by atoms with Gasteiger partial charge < -0.3 is 9.80 Å². The molecule has 0 bridgehead atoms. The van der Waals surface area contributed by atoms with E-state index in [4.69, 9.17) is 4.98 Å². The minimum absolute atomic E-state index is 0.116. The second-order valence-corrected chi connectivity index (χ2v) is 8.70. The fraction of sp³-hybridized carbons (Fsp3) is 0.200. The molecule has 2 aromatic heterocycles. The molecular formula is C25H24N3OS+. The number of pyridine rings is 1. The van der Waals surface area contributed by atoms with Crippen molar-refractivity contribution in [3.63, 3.8) is 0 Å². The smallest absolute Gasteiger partial charge is 0.255 e. The molecule has 1 saturated heterocycles. The van der Waals surface area contributed by atoms with Crippen molar-refractivity contribution in [2.45, 2.75) is 6.54 Å². The van der Waals surface area contributed by atoms with Crippen molar-refractivity contribution in [1.82, 2.24) is 9.88 Å². The Bertz CT molecular complexity index is 1150. The monoisotopic (exact) mass is 414 g/mol. The molecule has 5 heteroatoms. The Morgan fingerprint density at radius 2 is 1.73 bits per heavy atom. The van der Waals surface area contributed by atoms with E-state index in [1.807, 2.05) is 46.7 Å². The number of aromatic nitrogens is 1. The Morgan fingerprint density at radius 1 is 0.967 bits per heavy atom. The lowest BCUT2D eigenvalue weighted by Gasteiger charge is -2.32. The van der Waals surface area contributed by atoms with Gasteiger partial charge in [0.25, 0.3) is 5.91 Å². The van der Waals surface area contributed by atoms with E-state index in [0.717, 1.165) is 59.8 Å². The predicted molar refractivity (Wildman–Crippen MR) is 122 cm³/mol. The van der Waals surface area contributed by atoms with E-state index in [0.29, 0.717) is 0 Å². The Morgan fingerprint density at radius 3 is 2.50 bits per heavy atom. The minimum Gasteiger partial charge on any atom is -0.328 e. The molecule has 0 saturated carbocycles. The number of quaternary nitrogens is 1. The maximum Gasteiger partial charge on any atom is 0.255 e. The summed E-state index contributed by atoms with van der Waals surface area (Å²) < 4.78 is 0. The highest BCUT2D eigenvalue weighted by atomic mass is 32.1. The van der Waals surface area contributed by atoms with Crippen molar-refractivity contribution in [3.8, 4) is 10.6 Å². The Balaban J connectivity index is 1.37. The van der Waals surface area contributed by atoms with Crippen LogP contribution in [0.5, 0.6) is 0 Å². The lowest BCUT2D eigenvalue weighted by atomic mass is 10.1. The fourth-order valence-electron chi connectivity index (χ4n) is 4.16. The Labute approximate surface area is 180 Å². The number of fused-ring (bicyclic) bond motifs is 1. The Hall–Kier alpha value is -3.02. The van der Waals surface area contributed by atoms with Gasteiger partial charge >= 0.3 is 0 Å². The van der Waals surface area contributed by atoms with Gasteiger partial charge in [-0.15, -0.1) is 11.3 Å². The lowest BCUT2D eigenvalue weighted by molar-refractivity contribution is -0.917. The molecule has 1 aliphatic heterocycles. The number of piperazine rings is 1. The molecule has 1 fully saturated rings. The molecule has 5 rings (SSSR count). The average Bonchev–Trinajstić information content (AvgIpc) is 3.34. The first-order valence-corrected chi connectivity index (χ1v) is 11.3. The number of nitrogens with one attached hydrogen (secondary N) is 1. The summed E-state index contributed by atoms with van der Waals surface area (Å²) in [4.78, 5) is 22.9. The van der Waals surface area contributed by atoms with E-state index in [1.165, 1.54) is 10.5 Å². The van der Waals surface area contributed by atoms with Crippen molar-refractivity contribution in [1.29, 1.82) is 0 Å². The highest BCUT2D eigenvalue weighted by Crippen LogP contribution is 2.28. The quantitative estimate of drug-likeness (QED) is 0.555. The molecule has 0 radical (unpaired) electrons. The third-order valence-electron chi connectivity index (χ3n) is 5.77. The first-order valence-electron chi connectivity index (χ1n) is 10.4. The number of thiophene rings is 1. The minimum atomic E-state index is 0.116. The summed E-state index contributed by atoms with van der Waals surface area (Å²) in [5, 5.41) is 2.98. The molecule has 0 aliphatic carbocycles. The summed E-state index contributed by atoms with van der Waals surface area (Å²) in [6.07, 6.45) is 0. The van der Waals surface area contributed by atoms with Gasteiger partial charge in [0.2, 0.25) is 0 Å². The number of hydrogen-bond donors (Lipinski definition) is 1. The summed E-state index contributed by atoms with van der Waals surface area (Å²) in [6.45, 7) is 4.53. The summed E-state index contributed by atoms with van der Waals surface area (Å²) in [7, 11) is 0. The van der Waals surface area contributed by atoms with Crippen LogP contribution in [0.25, 0.3) is 21.5 Å². The molecule has 1 amide bonds. The number of amides is 1. The van der Waals surface area contributed by atoms with Gasteiger partial charge in [-0.2, -0.15) is 0 Å². The van der Waals surface area contributed by atoms with Gasteiger partial charge in [0, 0.05) is 10.9 Å². The third kappa shape index (κ3) is 3.86. The second kappa shape index (κ2) is 8.38. The van der Waals surface area contributed by atoms with E-state index in [-0.39, 0.29) is 5.91 Å². The maximum atomic E-state index is 13.5. The first-order chi connectivity index (χ1) is 14.8. The molecule has 1 aliphatic rings. The normalized spacial score (nSPS) is 14.9. The first kappa shape index (κ1) is 19.0. The van der Waals surface area contributed by atoms with Crippen LogP contribution in [-0.2, 0) is 6.54 Å². The third-order valence-corrected chi connectivity index (χ3v) is 6.67.